The summed E-state index contributed by atoms with van der Waals surface area (Å²) in [5.74, 6) is 1.85. The molecule has 2 heterocycles. The number of nitrogen functional groups attached to an aromatic ring is 1. The summed E-state index contributed by atoms with van der Waals surface area (Å²) in [5, 5.41) is 6.55. The van der Waals surface area contributed by atoms with Crippen molar-refractivity contribution in [3.8, 4) is 0 Å². The third-order valence-corrected chi connectivity index (χ3v) is 3.48. The van der Waals surface area contributed by atoms with E-state index in [1.165, 1.54) is 10.1 Å². The normalized spacial score (nSPS) is 10.7. The summed E-state index contributed by atoms with van der Waals surface area (Å²) >= 11 is 1.73. The van der Waals surface area contributed by atoms with Gasteiger partial charge in [-0.3, -0.25) is 0 Å². The number of hydrogen-bond acceptors (Lipinski definition) is 5. The van der Waals surface area contributed by atoms with Crippen molar-refractivity contribution in [1.29, 1.82) is 0 Å². The Bertz CT molecular complexity index is 685. The predicted octanol–water partition coefficient (Wildman–Crippen LogP) is 3.33. The summed E-state index contributed by atoms with van der Waals surface area (Å²) in [5.41, 5.74) is 6.70. The fraction of sp³-hybridized carbons (Fsp3) is 0.0769. The summed E-state index contributed by atoms with van der Waals surface area (Å²) in [7, 11) is 0. The molecule has 3 N–H and O–H groups in total. The molecule has 0 saturated carbocycles. The molecular weight excluding hydrogens is 244 g/mol. The minimum atomic E-state index is 0.474. The van der Waals surface area contributed by atoms with E-state index in [0.717, 1.165) is 11.5 Å². The summed E-state index contributed by atoms with van der Waals surface area (Å²) in [6.07, 6.45) is 0. The number of nitrogens with two attached hydrogens (primary N) is 1. The van der Waals surface area contributed by atoms with Gasteiger partial charge in [0.25, 0.3) is 0 Å². The summed E-state index contributed by atoms with van der Waals surface area (Å²) < 4.78 is 1.28. The van der Waals surface area contributed by atoms with E-state index in [0.29, 0.717) is 11.6 Å². The lowest BCUT2D eigenvalue weighted by atomic mass is 10.2. The highest BCUT2D eigenvalue weighted by Crippen LogP contribution is 2.25. The zero-order valence-electron chi connectivity index (χ0n) is 9.84. The van der Waals surface area contributed by atoms with Crippen LogP contribution in [0.5, 0.6) is 0 Å². The molecule has 18 heavy (non-hydrogen) atoms. The molecule has 5 heteroatoms. The van der Waals surface area contributed by atoms with Crippen LogP contribution in [-0.2, 0) is 0 Å². The van der Waals surface area contributed by atoms with Gasteiger partial charge in [-0.25, -0.2) is 9.97 Å². The van der Waals surface area contributed by atoms with Crippen LogP contribution in [0.3, 0.4) is 0 Å². The Kier molecular flexibility index (Phi) is 2.60. The molecule has 2 aromatic heterocycles. The number of aryl methyl sites for hydroxylation is 1. The maximum absolute atomic E-state index is 5.70. The topological polar surface area (TPSA) is 63.8 Å². The molecule has 4 nitrogen and oxygen atoms in total. The molecule has 1 aromatic carbocycles. The Morgan fingerprint density at radius 3 is 2.89 bits per heavy atom. The van der Waals surface area contributed by atoms with Crippen LogP contribution in [0.4, 0.5) is 17.3 Å². The second-order valence-electron chi connectivity index (χ2n) is 4.02. The average Bonchev–Trinajstić information content (AvgIpc) is 2.74. The third kappa shape index (κ3) is 2.12. The van der Waals surface area contributed by atoms with E-state index in [1.54, 1.807) is 17.4 Å². The lowest BCUT2D eigenvalue weighted by Gasteiger charge is -2.07. The maximum Gasteiger partial charge on any atom is 0.136 e. The van der Waals surface area contributed by atoms with Gasteiger partial charge in [0.05, 0.1) is 0 Å². The predicted molar refractivity (Wildman–Crippen MR) is 76.3 cm³/mol. The molecule has 3 rings (SSSR count). The van der Waals surface area contributed by atoms with Crippen molar-refractivity contribution in [2.24, 2.45) is 0 Å². The third-order valence-electron chi connectivity index (χ3n) is 2.58. The SMILES string of the molecule is Cc1nc(N)cc(Nc2ccc3sccc3c2)n1. The second-order valence-corrected chi connectivity index (χ2v) is 4.97. The number of nitrogens with one attached hydrogen (secondary N) is 1. The van der Waals surface area contributed by atoms with Gasteiger partial charge in [-0.2, -0.15) is 0 Å². The molecule has 0 unspecified atom stereocenters. The molecule has 0 saturated heterocycles. The first kappa shape index (κ1) is 11.0. The summed E-state index contributed by atoms with van der Waals surface area (Å²) in [4.78, 5) is 8.34. The van der Waals surface area contributed by atoms with E-state index in [1.807, 2.05) is 13.0 Å². The maximum atomic E-state index is 5.70. The first-order valence-electron chi connectivity index (χ1n) is 5.56. The minimum Gasteiger partial charge on any atom is -0.384 e. The molecule has 0 radical (unpaired) electrons. The van der Waals surface area contributed by atoms with Gasteiger partial charge < -0.3 is 11.1 Å². The van der Waals surface area contributed by atoms with E-state index >= 15 is 0 Å². The van der Waals surface area contributed by atoms with Crippen molar-refractivity contribution in [3.63, 3.8) is 0 Å². The number of anilines is 3. The van der Waals surface area contributed by atoms with E-state index in [9.17, 15) is 0 Å². The number of fused-ring (bicyclic) bond motifs is 1. The highest BCUT2D eigenvalue weighted by molar-refractivity contribution is 7.17. The quantitative estimate of drug-likeness (QED) is 0.738. The largest absolute Gasteiger partial charge is 0.384 e. The number of hydrogen-bond donors (Lipinski definition) is 2. The Balaban J connectivity index is 1.95. The molecule has 0 spiro atoms. The van der Waals surface area contributed by atoms with Gasteiger partial charge in [-0.1, -0.05) is 0 Å². The van der Waals surface area contributed by atoms with Gasteiger partial charge in [0, 0.05) is 16.5 Å². The van der Waals surface area contributed by atoms with Crippen LogP contribution < -0.4 is 11.1 Å². The van der Waals surface area contributed by atoms with Crippen molar-refractivity contribution >= 4 is 38.7 Å². The smallest absolute Gasteiger partial charge is 0.136 e. The Labute approximate surface area is 109 Å². The van der Waals surface area contributed by atoms with Crippen molar-refractivity contribution < 1.29 is 0 Å². The number of nitrogens with zero attached hydrogens (tertiary/aromatic N) is 2. The van der Waals surface area contributed by atoms with Crippen molar-refractivity contribution in [1.82, 2.24) is 9.97 Å². The lowest BCUT2D eigenvalue weighted by molar-refractivity contribution is 1.06. The molecule has 0 amide bonds. The van der Waals surface area contributed by atoms with E-state index < -0.39 is 0 Å². The van der Waals surface area contributed by atoms with Gasteiger partial charge in [0.2, 0.25) is 0 Å². The lowest BCUT2D eigenvalue weighted by Crippen LogP contribution is -2.00. The molecule has 0 aliphatic rings. The number of thiophene rings is 1. The summed E-state index contributed by atoms with van der Waals surface area (Å²) in [6, 6.07) is 10.1. The molecule has 0 aliphatic heterocycles. The first-order chi connectivity index (χ1) is 8.70. The van der Waals surface area contributed by atoms with Gasteiger partial charge in [-0.05, 0) is 42.0 Å². The monoisotopic (exact) mass is 256 g/mol. The second kappa shape index (κ2) is 4.27. The van der Waals surface area contributed by atoms with Crippen molar-refractivity contribution in [2.75, 3.05) is 11.1 Å². The van der Waals surface area contributed by atoms with Crippen LogP contribution in [-0.4, -0.2) is 9.97 Å². The van der Waals surface area contributed by atoms with Crippen LogP contribution in [0.1, 0.15) is 5.82 Å². The highest BCUT2D eigenvalue weighted by Gasteiger charge is 2.01. The zero-order valence-corrected chi connectivity index (χ0v) is 10.7. The van der Waals surface area contributed by atoms with Gasteiger partial charge in [0.1, 0.15) is 17.5 Å². The number of aromatic nitrogens is 2. The molecule has 90 valence electrons. The van der Waals surface area contributed by atoms with Crippen molar-refractivity contribution in [2.45, 2.75) is 6.92 Å². The molecule has 0 bridgehead atoms. The van der Waals surface area contributed by atoms with Crippen LogP contribution in [0.2, 0.25) is 0 Å². The van der Waals surface area contributed by atoms with Crippen LogP contribution in [0.25, 0.3) is 10.1 Å². The Morgan fingerprint density at radius 1 is 1.17 bits per heavy atom. The Hall–Kier alpha value is -2.14. The minimum absolute atomic E-state index is 0.474. The standard InChI is InChI=1S/C13H12N4S/c1-8-15-12(14)7-13(16-8)17-10-2-3-11-9(6-10)4-5-18-11/h2-7H,1H3,(H3,14,15,16,17). The fourth-order valence-electron chi connectivity index (χ4n) is 1.85. The van der Waals surface area contributed by atoms with E-state index in [-0.39, 0.29) is 0 Å². The first-order valence-corrected chi connectivity index (χ1v) is 6.44. The zero-order chi connectivity index (χ0) is 12.5. The summed E-state index contributed by atoms with van der Waals surface area (Å²) in [6.45, 7) is 1.82. The average molecular weight is 256 g/mol. The van der Waals surface area contributed by atoms with E-state index in [4.69, 9.17) is 5.73 Å². The molecule has 0 aliphatic carbocycles. The van der Waals surface area contributed by atoms with E-state index in [2.05, 4.69) is 38.9 Å². The Morgan fingerprint density at radius 2 is 2.06 bits per heavy atom. The van der Waals surface area contributed by atoms with Crippen LogP contribution >= 0.6 is 11.3 Å². The number of benzene rings is 1. The fourth-order valence-corrected chi connectivity index (χ4v) is 2.62. The molecule has 3 aromatic rings. The molecule has 0 fully saturated rings. The van der Waals surface area contributed by atoms with Gasteiger partial charge >= 0.3 is 0 Å². The van der Waals surface area contributed by atoms with Crippen LogP contribution in [0.15, 0.2) is 35.7 Å². The van der Waals surface area contributed by atoms with Gasteiger partial charge in [0.15, 0.2) is 0 Å². The van der Waals surface area contributed by atoms with Gasteiger partial charge in [-0.15, -0.1) is 11.3 Å². The van der Waals surface area contributed by atoms with Crippen molar-refractivity contribution in [3.05, 3.63) is 41.5 Å². The molecule has 0 atom stereocenters. The highest BCUT2D eigenvalue weighted by atomic mass is 32.1. The molecular formula is C13H12N4S. The van der Waals surface area contributed by atoms with Crippen LogP contribution in [0, 0.1) is 6.92 Å². The number of rotatable bonds is 2.